The normalized spacial score (nSPS) is 14.6. The van der Waals surface area contributed by atoms with E-state index in [0.29, 0.717) is 37.6 Å². The number of benzene rings is 1. The minimum absolute atomic E-state index is 0.00705. The van der Waals surface area contributed by atoms with E-state index in [1.807, 2.05) is 0 Å². The van der Waals surface area contributed by atoms with Crippen LogP contribution >= 0.6 is 0 Å². The van der Waals surface area contributed by atoms with Crippen molar-refractivity contribution in [3.05, 3.63) is 59.2 Å². The molecule has 2 heterocycles. The summed E-state index contributed by atoms with van der Waals surface area (Å²) in [5.74, 6) is -0.692. The number of nitrogens with one attached hydrogen (secondary N) is 1. The molecule has 0 saturated carbocycles. The van der Waals surface area contributed by atoms with Gasteiger partial charge in [0.2, 0.25) is 5.91 Å². The molecule has 2 amide bonds. The highest BCUT2D eigenvalue weighted by atomic mass is 19.4. The van der Waals surface area contributed by atoms with Crippen LogP contribution in [0, 0.1) is 6.92 Å². The quantitative estimate of drug-likeness (QED) is 0.594. The largest absolute Gasteiger partial charge is 0.416 e. The second kappa shape index (κ2) is 11.9. The molecule has 0 bridgehead atoms. The van der Waals surface area contributed by atoms with Gasteiger partial charge in [-0.15, -0.1) is 0 Å². The maximum absolute atomic E-state index is 13.0. The molecule has 1 aliphatic heterocycles. The van der Waals surface area contributed by atoms with Crippen molar-refractivity contribution < 1.29 is 27.5 Å². The molecular weight excluding hydrogens is 451 g/mol. The molecule has 1 N–H and O–H groups in total. The second-order valence-electron chi connectivity index (χ2n) is 8.01. The van der Waals surface area contributed by atoms with Gasteiger partial charge in [0.25, 0.3) is 5.91 Å². The lowest BCUT2D eigenvalue weighted by Crippen LogP contribution is -2.44. The summed E-state index contributed by atoms with van der Waals surface area (Å²) in [4.78, 5) is 37.4. The molecular formula is C23H28F3N5O3. The summed E-state index contributed by atoms with van der Waals surface area (Å²) in [5.41, 5.74) is 0.457. The Labute approximate surface area is 196 Å². The van der Waals surface area contributed by atoms with Crippen molar-refractivity contribution in [2.45, 2.75) is 26.1 Å². The van der Waals surface area contributed by atoms with Crippen molar-refractivity contribution in [2.24, 2.45) is 0 Å². The Morgan fingerprint density at radius 3 is 2.59 bits per heavy atom. The smallest absolute Gasteiger partial charge is 0.379 e. The van der Waals surface area contributed by atoms with Crippen LogP contribution in [0.25, 0.3) is 0 Å². The van der Waals surface area contributed by atoms with Gasteiger partial charge in [-0.05, 0) is 24.6 Å². The number of aryl methyl sites for hydroxylation is 1. The first-order chi connectivity index (χ1) is 16.2. The van der Waals surface area contributed by atoms with Crippen LogP contribution in [0.3, 0.4) is 0 Å². The minimum Gasteiger partial charge on any atom is -0.379 e. The summed E-state index contributed by atoms with van der Waals surface area (Å²) < 4.78 is 44.0. The average molecular weight is 480 g/mol. The van der Waals surface area contributed by atoms with E-state index >= 15 is 0 Å². The number of rotatable bonds is 9. The Morgan fingerprint density at radius 1 is 1.15 bits per heavy atom. The molecule has 184 valence electrons. The lowest BCUT2D eigenvalue weighted by Gasteiger charge is -2.30. The van der Waals surface area contributed by atoms with Gasteiger partial charge in [-0.3, -0.25) is 19.5 Å². The summed E-state index contributed by atoms with van der Waals surface area (Å²) in [6, 6.07) is 4.81. The van der Waals surface area contributed by atoms with Crippen LogP contribution in [-0.4, -0.2) is 77.5 Å². The highest BCUT2D eigenvalue weighted by Crippen LogP contribution is 2.29. The zero-order valence-electron chi connectivity index (χ0n) is 19.0. The number of halogens is 3. The Morgan fingerprint density at radius 2 is 1.91 bits per heavy atom. The van der Waals surface area contributed by atoms with E-state index in [1.165, 1.54) is 24.5 Å². The third-order valence-corrected chi connectivity index (χ3v) is 5.43. The van der Waals surface area contributed by atoms with Gasteiger partial charge in [0.05, 0.1) is 30.7 Å². The second-order valence-corrected chi connectivity index (χ2v) is 8.01. The zero-order chi connectivity index (χ0) is 24.6. The SMILES string of the molecule is Cc1cnc(C(=O)N(CCC(=O)NCc2cccc(C(F)(F)F)c2)CCN2CCOCC2)cn1. The third-order valence-electron chi connectivity index (χ3n) is 5.43. The number of carbonyl (C=O) groups is 2. The molecule has 0 radical (unpaired) electrons. The maximum Gasteiger partial charge on any atom is 0.416 e. The van der Waals surface area contributed by atoms with Gasteiger partial charge >= 0.3 is 6.18 Å². The maximum atomic E-state index is 13.0. The van der Waals surface area contributed by atoms with Gasteiger partial charge < -0.3 is 15.0 Å². The Hall–Kier alpha value is -3.05. The number of aromatic nitrogens is 2. The fraction of sp³-hybridized carbons (Fsp3) is 0.478. The van der Waals surface area contributed by atoms with Crippen molar-refractivity contribution in [3.63, 3.8) is 0 Å². The number of hydrogen-bond acceptors (Lipinski definition) is 6. The Kier molecular flexibility index (Phi) is 8.94. The molecule has 0 aliphatic carbocycles. The van der Waals surface area contributed by atoms with E-state index in [-0.39, 0.29) is 37.0 Å². The van der Waals surface area contributed by atoms with Crippen molar-refractivity contribution in [1.82, 2.24) is 25.1 Å². The average Bonchev–Trinajstić information content (AvgIpc) is 2.83. The highest BCUT2D eigenvalue weighted by molar-refractivity contribution is 5.92. The number of amides is 2. The van der Waals surface area contributed by atoms with E-state index < -0.39 is 11.7 Å². The van der Waals surface area contributed by atoms with Gasteiger partial charge in [-0.2, -0.15) is 13.2 Å². The van der Waals surface area contributed by atoms with Gasteiger partial charge in [0, 0.05) is 51.9 Å². The van der Waals surface area contributed by atoms with Crippen LogP contribution in [0.1, 0.15) is 33.7 Å². The number of ether oxygens (including phenoxy) is 1. The Balaban J connectivity index is 1.57. The number of morpholine rings is 1. The molecule has 8 nitrogen and oxygen atoms in total. The van der Waals surface area contributed by atoms with Gasteiger partial charge in [0.1, 0.15) is 5.69 Å². The van der Waals surface area contributed by atoms with Crippen molar-refractivity contribution in [1.29, 1.82) is 0 Å². The van der Waals surface area contributed by atoms with Crippen molar-refractivity contribution >= 4 is 11.8 Å². The lowest BCUT2D eigenvalue weighted by molar-refractivity contribution is -0.137. The van der Waals surface area contributed by atoms with E-state index in [9.17, 15) is 22.8 Å². The third kappa shape index (κ3) is 7.77. The Bertz CT molecular complexity index is 963. The van der Waals surface area contributed by atoms with Gasteiger partial charge in [-0.25, -0.2) is 4.98 Å². The van der Waals surface area contributed by atoms with Crippen molar-refractivity contribution in [2.75, 3.05) is 45.9 Å². The summed E-state index contributed by atoms with van der Waals surface area (Å²) >= 11 is 0. The lowest BCUT2D eigenvalue weighted by atomic mass is 10.1. The highest BCUT2D eigenvalue weighted by Gasteiger charge is 2.30. The van der Waals surface area contributed by atoms with E-state index in [1.54, 1.807) is 11.8 Å². The molecule has 1 fully saturated rings. The first kappa shape index (κ1) is 25.6. The first-order valence-electron chi connectivity index (χ1n) is 11.0. The predicted octanol–water partition coefficient (Wildman–Crippen LogP) is 2.28. The number of hydrogen-bond donors (Lipinski definition) is 1. The summed E-state index contributed by atoms with van der Waals surface area (Å²) in [6.45, 7) is 5.71. The van der Waals surface area contributed by atoms with Crippen LogP contribution in [0.2, 0.25) is 0 Å². The standard InChI is InChI=1S/C23H28F3N5O3/c1-17-14-28-20(16-27-17)22(33)31(8-7-30-9-11-34-12-10-30)6-5-21(32)29-15-18-3-2-4-19(13-18)23(24,25)26/h2-4,13-14,16H,5-12,15H2,1H3,(H,29,32). The van der Waals surface area contributed by atoms with Crippen molar-refractivity contribution in [3.8, 4) is 0 Å². The zero-order valence-corrected chi connectivity index (χ0v) is 19.0. The summed E-state index contributed by atoms with van der Waals surface area (Å²) in [6.07, 6.45) is -1.52. The molecule has 1 saturated heterocycles. The van der Waals surface area contributed by atoms with Crippen LogP contribution in [0.15, 0.2) is 36.7 Å². The van der Waals surface area contributed by atoms with Crippen LogP contribution in [0.5, 0.6) is 0 Å². The summed E-state index contributed by atoms with van der Waals surface area (Å²) in [7, 11) is 0. The van der Waals surface area contributed by atoms with Crippen LogP contribution in [0.4, 0.5) is 13.2 Å². The number of nitrogens with zero attached hydrogens (tertiary/aromatic N) is 4. The van der Waals surface area contributed by atoms with E-state index in [0.717, 1.165) is 25.2 Å². The molecule has 2 aromatic rings. The van der Waals surface area contributed by atoms with Crippen LogP contribution in [-0.2, 0) is 22.3 Å². The fourth-order valence-electron chi connectivity index (χ4n) is 3.45. The molecule has 3 rings (SSSR count). The molecule has 1 aliphatic rings. The minimum atomic E-state index is -4.44. The molecule has 0 unspecified atom stereocenters. The molecule has 11 heteroatoms. The molecule has 1 aromatic carbocycles. The topological polar surface area (TPSA) is 87.7 Å². The number of alkyl halides is 3. The predicted molar refractivity (Wildman–Crippen MR) is 118 cm³/mol. The molecule has 34 heavy (non-hydrogen) atoms. The summed E-state index contributed by atoms with van der Waals surface area (Å²) in [5, 5.41) is 2.63. The van der Waals surface area contributed by atoms with Crippen LogP contribution < -0.4 is 5.32 Å². The fourth-order valence-corrected chi connectivity index (χ4v) is 3.45. The monoisotopic (exact) mass is 479 g/mol. The molecule has 0 atom stereocenters. The first-order valence-corrected chi connectivity index (χ1v) is 11.0. The van der Waals surface area contributed by atoms with Gasteiger partial charge in [-0.1, -0.05) is 12.1 Å². The van der Waals surface area contributed by atoms with E-state index in [4.69, 9.17) is 4.74 Å². The van der Waals surface area contributed by atoms with Gasteiger partial charge in [0.15, 0.2) is 0 Å². The molecule has 1 aromatic heterocycles. The van der Waals surface area contributed by atoms with E-state index in [2.05, 4.69) is 20.2 Å². The number of carbonyl (C=O) groups excluding carboxylic acids is 2. The molecule has 0 spiro atoms.